The topological polar surface area (TPSA) is 130 Å². The van der Waals surface area contributed by atoms with E-state index < -0.39 is 12.1 Å². The van der Waals surface area contributed by atoms with Crippen LogP contribution in [0.4, 0.5) is 4.79 Å². The first-order chi connectivity index (χ1) is 6.54. The summed E-state index contributed by atoms with van der Waals surface area (Å²) < 4.78 is 0. The molecule has 0 aromatic rings. The highest BCUT2D eigenvalue weighted by molar-refractivity contribution is 5.98. The summed E-state index contributed by atoms with van der Waals surface area (Å²) in [6.45, 7) is 2.00. The average molecular weight is 199 g/mol. The maximum atomic E-state index is 9.00. The van der Waals surface area contributed by atoms with Gasteiger partial charge >= 0.3 is 6.03 Å². The highest BCUT2D eigenvalue weighted by Crippen LogP contribution is 1.97. The van der Waals surface area contributed by atoms with Crippen LogP contribution in [0.25, 0.3) is 0 Å². The minimum atomic E-state index is -0.833. The Morgan fingerprint density at radius 2 is 1.86 bits per heavy atom. The molecular formula is C8H13N3O3. The molecule has 2 amide bonds. The third-order valence-electron chi connectivity index (χ3n) is 0.999. The largest absolute Gasteiger partial charge is 0.383 e. The number of hydrogen-bond acceptors (Lipinski definition) is 4. The smallest absolute Gasteiger partial charge is 0.309 e. The first-order valence-electron chi connectivity index (χ1n) is 3.49. The molecule has 78 valence electrons. The van der Waals surface area contributed by atoms with E-state index in [1.54, 1.807) is 24.3 Å². The fourth-order valence-electron chi connectivity index (χ4n) is 0.531. The van der Waals surface area contributed by atoms with Crippen LogP contribution in [-0.4, -0.2) is 29.7 Å². The van der Waals surface area contributed by atoms with E-state index in [1.165, 1.54) is 0 Å². The fourth-order valence-corrected chi connectivity index (χ4v) is 0.531. The molecule has 0 spiro atoms. The molecule has 1 rings (SSSR count). The van der Waals surface area contributed by atoms with Gasteiger partial charge in [0, 0.05) is 0 Å². The highest BCUT2D eigenvalue weighted by Gasteiger charge is 2.03. The zero-order chi connectivity index (χ0) is 11.6. The number of aliphatic hydroxyl groups is 1. The lowest BCUT2D eigenvalue weighted by molar-refractivity contribution is -0.0979. The van der Waals surface area contributed by atoms with Gasteiger partial charge in [0.2, 0.25) is 0 Å². The summed E-state index contributed by atoms with van der Waals surface area (Å²) in [6.07, 6.45) is 5.92. The number of carbonyl (C=O) groups excluding carboxylic acids is 2. The molecule has 14 heavy (non-hydrogen) atoms. The lowest BCUT2D eigenvalue weighted by Crippen LogP contribution is -2.18. The molecule has 0 fully saturated rings. The van der Waals surface area contributed by atoms with Crippen LogP contribution in [0.15, 0.2) is 24.3 Å². The molecule has 0 bridgehead atoms. The predicted molar refractivity (Wildman–Crippen MR) is 52.9 cm³/mol. The van der Waals surface area contributed by atoms with Crippen molar-refractivity contribution in [1.29, 1.82) is 5.41 Å². The monoisotopic (exact) mass is 199 g/mol. The number of nitrogens with one attached hydrogen (secondary N) is 1. The maximum absolute atomic E-state index is 9.00. The van der Waals surface area contributed by atoms with Gasteiger partial charge in [0.25, 0.3) is 0 Å². The number of amides is 2. The first kappa shape index (κ1) is 14.6. The van der Waals surface area contributed by atoms with Crippen LogP contribution < -0.4 is 11.5 Å². The number of aliphatic hydroxyl groups excluding tert-OH is 1. The van der Waals surface area contributed by atoms with Gasteiger partial charge in [0.15, 0.2) is 0 Å². The minimum Gasteiger partial charge on any atom is -0.383 e. The van der Waals surface area contributed by atoms with Crippen LogP contribution in [-0.2, 0) is 4.79 Å². The van der Waals surface area contributed by atoms with Crippen LogP contribution in [0.2, 0.25) is 0 Å². The molecule has 1 unspecified atom stereocenters. The molecule has 0 aliphatic heterocycles. The lowest BCUT2D eigenvalue weighted by atomic mass is 10.1. The van der Waals surface area contributed by atoms with E-state index in [2.05, 4.69) is 11.5 Å². The van der Waals surface area contributed by atoms with Gasteiger partial charge in [-0.05, 0) is 6.08 Å². The SMILES string of the molecule is C=O.N=C1C=CC=CC1O.NC(N)=O. The minimum absolute atomic E-state index is 0.257. The summed E-state index contributed by atoms with van der Waals surface area (Å²) in [5.41, 5.74) is 8.76. The summed E-state index contributed by atoms with van der Waals surface area (Å²) >= 11 is 0. The summed E-state index contributed by atoms with van der Waals surface area (Å²) in [4.78, 5) is 17.0. The Hall–Kier alpha value is -1.95. The number of carbonyl (C=O) groups is 2. The Balaban J connectivity index is 0. The second-order valence-electron chi connectivity index (χ2n) is 2.05. The molecule has 0 aromatic carbocycles. The summed E-state index contributed by atoms with van der Waals surface area (Å²) in [5.74, 6) is 0. The van der Waals surface area contributed by atoms with Gasteiger partial charge in [-0.25, -0.2) is 4.79 Å². The summed E-state index contributed by atoms with van der Waals surface area (Å²) in [5, 5.41) is 15.8. The van der Waals surface area contributed by atoms with Gasteiger partial charge in [-0.1, -0.05) is 18.2 Å². The zero-order valence-corrected chi connectivity index (χ0v) is 7.51. The van der Waals surface area contributed by atoms with Gasteiger partial charge in [0.05, 0.1) is 5.71 Å². The van der Waals surface area contributed by atoms with Crippen molar-refractivity contribution in [2.24, 2.45) is 11.5 Å². The van der Waals surface area contributed by atoms with Crippen molar-refractivity contribution in [2.45, 2.75) is 6.10 Å². The Bertz CT molecular complexity index is 244. The van der Waals surface area contributed by atoms with Crippen molar-refractivity contribution in [3.8, 4) is 0 Å². The van der Waals surface area contributed by atoms with E-state index in [-0.39, 0.29) is 5.71 Å². The second-order valence-corrected chi connectivity index (χ2v) is 2.05. The summed E-state index contributed by atoms with van der Waals surface area (Å²) in [6, 6.07) is -0.833. The molecule has 1 aliphatic rings. The number of primary amides is 2. The molecule has 1 aliphatic carbocycles. The number of allylic oxidation sites excluding steroid dienone is 2. The molecule has 0 aromatic heterocycles. The van der Waals surface area contributed by atoms with Crippen molar-refractivity contribution < 1.29 is 14.7 Å². The van der Waals surface area contributed by atoms with Crippen molar-refractivity contribution in [2.75, 3.05) is 0 Å². The van der Waals surface area contributed by atoms with E-state index >= 15 is 0 Å². The highest BCUT2D eigenvalue weighted by atomic mass is 16.3. The van der Waals surface area contributed by atoms with Crippen LogP contribution in [0.3, 0.4) is 0 Å². The van der Waals surface area contributed by atoms with Gasteiger partial charge in [-0.2, -0.15) is 0 Å². The first-order valence-corrected chi connectivity index (χ1v) is 3.49. The molecule has 0 radical (unpaired) electrons. The van der Waals surface area contributed by atoms with Crippen LogP contribution in [0.5, 0.6) is 0 Å². The number of rotatable bonds is 0. The Morgan fingerprint density at radius 1 is 1.43 bits per heavy atom. The Morgan fingerprint density at radius 3 is 2.07 bits per heavy atom. The van der Waals surface area contributed by atoms with E-state index in [0.717, 1.165) is 0 Å². The lowest BCUT2D eigenvalue weighted by Gasteiger charge is -2.04. The zero-order valence-electron chi connectivity index (χ0n) is 7.51. The standard InChI is InChI=1S/C6H7NO.CH4N2O.CH2O/c7-5-3-1-2-4-6(5)8;2-1(3)4;1-2/h1-4,6-8H;(H4,2,3,4);1H2. The third-order valence-corrected chi connectivity index (χ3v) is 0.999. The average Bonchev–Trinajstić information content (AvgIpc) is 2.13. The summed E-state index contributed by atoms with van der Waals surface area (Å²) in [7, 11) is 0. The molecule has 0 saturated heterocycles. The fraction of sp³-hybridized carbons (Fsp3) is 0.125. The molecule has 0 saturated carbocycles. The van der Waals surface area contributed by atoms with E-state index in [0.29, 0.717) is 0 Å². The Labute approximate surface area is 81.4 Å². The second kappa shape index (κ2) is 9.14. The quantitative estimate of drug-likeness (QED) is 0.412. The maximum Gasteiger partial charge on any atom is 0.309 e. The van der Waals surface area contributed by atoms with Crippen LogP contribution in [0.1, 0.15) is 0 Å². The van der Waals surface area contributed by atoms with Crippen LogP contribution in [0, 0.1) is 5.41 Å². The van der Waals surface area contributed by atoms with Crippen molar-refractivity contribution in [3.05, 3.63) is 24.3 Å². The van der Waals surface area contributed by atoms with Crippen LogP contribution >= 0.6 is 0 Å². The molecular weight excluding hydrogens is 186 g/mol. The van der Waals surface area contributed by atoms with Crippen molar-refractivity contribution in [3.63, 3.8) is 0 Å². The number of nitrogens with two attached hydrogens (primary N) is 2. The van der Waals surface area contributed by atoms with E-state index in [4.69, 9.17) is 20.1 Å². The van der Waals surface area contributed by atoms with Gasteiger partial charge in [-0.3, -0.25) is 0 Å². The molecule has 6 nitrogen and oxygen atoms in total. The molecule has 6 N–H and O–H groups in total. The molecule has 6 heteroatoms. The third kappa shape index (κ3) is 10.0. The van der Waals surface area contributed by atoms with Gasteiger partial charge in [0.1, 0.15) is 12.9 Å². The van der Waals surface area contributed by atoms with Crippen molar-refractivity contribution >= 4 is 18.5 Å². The molecule has 1 atom stereocenters. The van der Waals surface area contributed by atoms with Gasteiger partial charge in [-0.15, -0.1) is 0 Å². The predicted octanol–water partition coefficient (Wildman–Crippen LogP) is -0.668. The van der Waals surface area contributed by atoms with E-state index in [1.807, 2.05) is 6.79 Å². The van der Waals surface area contributed by atoms with E-state index in [9.17, 15) is 0 Å². The number of hydrogen-bond donors (Lipinski definition) is 4. The molecule has 0 heterocycles. The van der Waals surface area contributed by atoms with Gasteiger partial charge < -0.3 is 26.8 Å². The normalized spacial score (nSPS) is 17.2. The Kier molecular flexibility index (Phi) is 9.51. The number of urea groups is 1. The van der Waals surface area contributed by atoms with Crippen molar-refractivity contribution in [1.82, 2.24) is 0 Å².